The van der Waals surface area contributed by atoms with Crippen LogP contribution in [0, 0.1) is 11.8 Å². The fraction of sp³-hybridized carbons (Fsp3) is 0.467. The van der Waals surface area contributed by atoms with Gasteiger partial charge in [0.2, 0.25) is 10.0 Å². The van der Waals surface area contributed by atoms with Crippen LogP contribution in [-0.2, 0) is 10.0 Å². The van der Waals surface area contributed by atoms with Crippen molar-refractivity contribution in [3.05, 3.63) is 29.8 Å². The lowest BCUT2D eigenvalue weighted by Gasteiger charge is -2.33. The van der Waals surface area contributed by atoms with Gasteiger partial charge in [0, 0.05) is 31.7 Å². The third-order valence-electron chi connectivity index (χ3n) is 3.59. The molecule has 6 heteroatoms. The van der Waals surface area contributed by atoms with Gasteiger partial charge in [-0.1, -0.05) is 30.9 Å². The monoisotopic (exact) mass is 308 g/mol. The molecule has 1 saturated heterocycles. The molecule has 2 rings (SSSR count). The molecule has 1 aliphatic heterocycles. The number of benzene rings is 1. The average Bonchev–Trinajstić information content (AvgIpc) is 2.53. The first-order valence-electron chi connectivity index (χ1n) is 7.01. The van der Waals surface area contributed by atoms with Crippen LogP contribution >= 0.6 is 0 Å². The normalized spacial score (nSPS) is 17.2. The molecular weight excluding hydrogens is 288 g/mol. The van der Waals surface area contributed by atoms with E-state index in [0.29, 0.717) is 18.7 Å². The van der Waals surface area contributed by atoms with E-state index in [4.69, 9.17) is 5.11 Å². The van der Waals surface area contributed by atoms with Crippen molar-refractivity contribution in [2.24, 2.45) is 0 Å². The van der Waals surface area contributed by atoms with Crippen LogP contribution < -0.4 is 0 Å². The fourth-order valence-electron chi connectivity index (χ4n) is 2.35. The molecule has 0 unspecified atom stereocenters. The number of aliphatic hydroxyl groups excluding tert-OH is 1. The van der Waals surface area contributed by atoms with Crippen LogP contribution in [0.15, 0.2) is 29.2 Å². The van der Waals surface area contributed by atoms with Crippen molar-refractivity contribution in [3.63, 3.8) is 0 Å². The van der Waals surface area contributed by atoms with E-state index in [2.05, 4.69) is 23.7 Å². The highest BCUT2D eigenvalue weighted by molar-refractivity contribution is 7.89. The highest BCUT2D eigenvalue weighted by Gasteiger charge is 2.29. The van der Waals surface area contributed by atoms with E-state index in [1.54, 1.807) is 24.3 Å². The van der Waals surface area contributed by atoms with E-state index in [9.17, 15) is 8.42 Å². The molecule has 114 valence electrons. The summed E-state index contributed by atoms with van der Waals surface area (Å²) in [5.41, 5.74) is 0.435. The van der Waals surface area contributed by atoms with E-state index >= 15 is 0 Å². The number of nitrogens with zero attached hydrogens (tertiary/aromatic N) is 2. The summed E-state index contributed by atoms with van der Waals surface area (Å²) in [6, 6.07) is 6.68. The lowest BCUT2D eigenvalue weighted by Crippen LogP contribution is -2.48. The number of rotatable bonds is 3. The number of sulfonamides is 1. The lowest BCUT2D eigenvalue weighted by atomic mass is 10.2. The molecule has 0 atom stereocenters. The Labute approximate surface area is 126 Å². The van der Waals surface area contributed by atoms with Crippen LogP contribution in [0.3, 0.4) is 0 Å². The van der Waals surface area contributed by atoms with Crippen LogP contribution in [0.2, 0.25) is 0 Å². The Kier molecular flexibility index (Phi) is 5.37. The van der Waals surface area contributed by atoms with Crippen molar-refractivity contribution >= 4 is 10.0 Å². The van der Waals surface area contributed by atoms with Gasteiger partial charge in [0.15, 0.2) is 0 Å². The molecular formula is C15H20N2O3S. The molecule has 0 bridgehead atoms. The number of likely N-dealkylation sites (N-methyl/N-ethyl adjacent to an activating group) is 1. The van der Waals surface area contributed by atoms with Crippen molar-refractivity contribution in [2.45, 2.75) is 11.8 Å². The smallest absolute Gasteiger partial charge is 0.244 e. The highest BCUT2D eigenvalue weighted by Crippen LogP contribution is 2.20. The predicted molar refractivity (Wildman–Crippen MR) is 81.3 cm³/mol. The number of aliphatic hydroxyl groups is 1. The number of hydrogen-bond donors (Lipinski definition) is 1. The zero-order chi connectivity index (χ0) is 15.3. The lowest BCUT2D eigenvalue weighted by molar-refractivity contribution is 0.196. The summed E-state index contributed by atoms with van der Waals surface area (Å²) in [6.07, 6.45) is 0. The van der Waals surface area contributed by atoms with E-state index in [0.717, 1.165) is 19.6 Å². The summed E-state index contributed by atoms with van der Waals surface area (Å²) in [5, 5.41) is 8.79. The topological polar surface area (TPSA) is 60.9 Å². The molecule has 0 saturated carbocycles. The first-order chi connectivity index (χ1) is 10.1. The molecule has 21 heavy (non-hydrogen) atoms. The van der Waals surface area contributed by atoms with Gasteiger partial charge in [0.25, 0.3) is 0 Å². The zero-order valence-electron chi connectivity index (χ0n) is 12.1. The van der Waals surface area contributed by atoms with Crippen LogP contribution in [0.5, 0.6) is 0 Å². The molecule has 1 aromatic carbocycles. The van der Waals surface area contributed by atoms with E-state index in [1.807, 2.05) is 0 Å². The summed E-state index contributed by atoms with van der Waals surface area (Å²) in [7, 11) is -3.53. The standard InChI is InChI=1S/C15H20N2O3S/c1-2-16-9-11-17(12-10-16)21(19,20)15-8-4-3-6-14(15)7-5-13-18/h3-4,6,8,18H,2,9-13H2,1H3. The highest BCUT2D eigenvalue weighted by atomic mass is 32.2. The quantitative estimate of drug-likeness (QED) is 0.819. The van der Waals surface area contributed by atoms with Gasteiger partial charge in [-0.3, -0.25) is 0 Å². The minimum Gasteiger partial charge on any atom is -0.384 e. The number of hydrogen-bond acceptors (Lipinski definition) is 4. The zero-order valence-corrected chi connectivity index (χ0v) is 12.9. The first-order valence-corrected chi connectivity index (χ1v) is 8.45. The van der Waals surface area contributed by atoms with E-state index < -0.39 is 10.0 Å². The van der Waals surface area contributed by atoms with Crippen LogP contribution in [-0.4, -0.2) is 62.1 Å². The summed E-state index contributed by atoms with van der Waals surface area (Å²) in [6.45, 7) is 5.22. The molecule has 0 aliphatic carbocycles. The fourth-order valence-corrected chi connectivity index (χ4v) is 3.92. The Balaban J connectivity index is 2.28. The summed E-state index contributed by atoms with van der Waals surface area (Å²) >= 11 is 0. The van der Waals surface area contributed by atoms with Gasteiger partial charge in [-0.2, -0.15) is 4.31 Å². The molecule has 1 aromatic rings. The molecule has 1 heterocycles. The molecule has 1 fully saturated rings. The Morgan fingerprint density at radius 1 is 1.19 bits per heavy atom. The molecule has 1 N–H and O–H groups in total. The van der Waals surface area contributed by atoms with Crippen LogP contribution in [0.25, 0.3) is 0 Å². The molecule has 0 aromatic heterocycles. The van der Waals surface area contributed by atoms with Gasteiger partial charge < -0.3 is 10.0 Å². The summed E-state index contributed by atoms with van der Waals surface area (Å²) < 4.78 is 27.0. The second-order valence-corrected chi connectivity index (χ2v) is 6.70. The van der Waals surface area contributed by atoms with Gasteiger partial charge >= 0.3 is 0 Å². The van der Waals surface area contributed by atoms with Gasteiger partial charge in [0.05, 0.1) is 4.90 Å². The third kappa shape index (κ3) is 3.63. The van der Waals surface area contributed by atoms with Crippen molar-refractivity contribution in [3.8, 4) is 11.8 Å². The first kappa shape index (κ1) is 16.0. The van der Waals surface area contributed by atoms with E-state index in [-0.39, 0.29) is 11.5 Å². The Bertz CT molecular complexity index is 638. The third-order valence-corrected chi connectivity index (χ3v) is 5.54. The maximum absolute atomic E-state index is 12.7. The van der Waals surface area contributed by atoms with Crippen molar-refractivity contribution in [2.75, 3.05) is 39.3 Å². The molecule has 1 aliphatic rings. The van der Waals surface area contributed by atoms with Crippen molar-refractivity contribution < 1.29 is 13.5 Å². The maximum atomic E-state index is 12.7. The maximum Gasteiger partial charge on any atom is 0.244 e. The largest absolute Gasteiger partial charge is 0.384 e. The molecule has 0 amide bonds. The molecule has 0 radical (unpaired) electrons. The molecule has 5 nitrogen and oxygen atoms in total. The van der Waals surface area contributed by atoms with Crippen LogP contribution in [0.1, 0.15) is 12.5 Å². The van der Waals surface area contributed by atoms with Crippen molar-refractivity contribution in [1.29, 1.82) is 0 Å². The van der Waals surface area contributed by atoms with Gasteiger partial charge in [-0.25, -0.2) is 8.42 Å². The second-order valence-electron chi connectivity index (χ2n) is 4.79. The predicted octanol–water partition coefficient (Wildman–Crippen LogP) is 0.357. The molecule has 0 spiro atoms. The van der Waals surface area contributed by atoms with Gasteiger partial charge in [-0.15, -0.1) is 0 Å². The number of piperazine rings is 1. The summed E-state index contributed by atoms with van der Waals surface area (Å²) in [5.74, 6) is 5.22. The average molecular weight is 308 g/mol. The Morgan fingerprint density at radius 3 is 2.48 bits per heavy atom. The summed E-state index contributed by atoms with van der Waals surface area (Å²) in [4.78, 5) is 2.44. The Hall–Kier alpha value is -1.39. The SMILES string of the molecule is CCN1CCN(S(=O)(=O)c2ccccc2C#CCO)CC1. The van der Waals surface area contributed by atoms with Crippen LogP contribution in [0.4, 0.5) is 0 Å². The van der Waals surface area contributed by atoms with Crippen molar-refractivity contribution in [1.82, 2.24) is 9.21 Å². The van der Waals surface area contributed by atoms with E-state index in [1.165, 1.54) is 4.31 Å². The minimum atomic E-state index is -3.53. The van der Waals surface area contributed by atoms with Gasteiger partial charge in [-0.05, 0) is 18.7 Å². The van der Waals surface area contributed by atoms with Gasteiger partial charge in [0.1, 0.15) is 6.61 Å². The second kappa shape index (κ2) is 7.05. The minimum absolute atomic E-state index is 0.218. The Morgan fingerprint density at radius 2 is 1.86 bits per heavy atom.